The van der Waals surface area contributed by atoms with E-state index in [4.69, 9.17) is 18.6 Å². The minimum Gasteiger partial charge on any atom is -0.493 e. The SMILES string of the molecule is CN=C(NCc1coc(-c2ccc(C)cc2)n1)Nc1cc(OC)c(OC)c(OC)c1.I. The molecule has 1 aromatic heterocycles. The number of guanidine groups is 1. The Labute approximate surface area is 199 Å². The molecule has 3 rings (SSSR count). The van der Waals surface area contributed by atoms with E-state index >= 15 is 0 Å². The van der Waals surface area contributed by atoms with Gasteiger partial charge in [-0.1, -0.05) is 17.7 Å². The molecular weight excluding hydrogens is 511 g/mol. The number of aromatic nitrogens is 1. The molecule has 166 valence electrons. The van der Waals surface area contributed by atoms with Crippen LogP contribution in [0.4, 0.5) is 5.69 Å². The van der Waals surface area contributed by atoms with Gasteiger partial charge in [0.2, 0.25) is 11.6 Å². The summed E-state index contributed by atoms with van der Waals surface area (Å²) in [5, 5.41) is 6.42. The van der Waals surface area contributed by atoms with E-state index in [1.54, 1.807) is 46.8 Å². The number of benzene rings is 2. The summed E-state index contributed by atoms with van der Waals surface area (Å²) < 4.78 is 21.7. The number of methoxy groups -OCH3 is 3. The van der Waals surface area contributed by atoms with Gasteiger partial charge in [-0.3, -0.25) is 4.99 Å². The lowest BCUT2D eigenvalue weighted by Gasteiger charge is -2.16. The second-order valence-corrected chi connectivity index (χ2v) is 6.47. The van der Waals surface area contributed by atoms with Gasteiger partial charge < -0.3 is 29.3 Å². The van der Waals surface area contributed by atoms with Crippen molar-refractivity contribution in [2.75, 3.05) is 33.7 Å². The number of oxazole rings is 1. The van der Waals surface area contributed by atoms with Crippen molar-refractivity contribution < 1.29 is 18.6 Å². The highest BCUT2D eigenvalue weighted by Crippen LogP contribution is 2.39. The number of rotatable bonds is 7. The van der Waals surface area contributed by atoms with Crippen molar-refractivity contribution in [1.82, 2.24) is 10.3 Å². The number of aryl methyl sites for hydroxylation is 1. The van der Waals surface area contributed by atoms with Gasteiger partial charge in [0.1, 0.15) is 6.26 Å². The summed E-state index contributed by atoms with van der Waals surface area (Å²) in [5.41, 5.74) is 3.62. The van der Waals surface area contributed by atoms with Crippen molar-refractivity contribution in [2.24, 2.45) is 4.99 Å². The van der Waals surface area contributed by atoms with Crippen molar-refractivity contribution >= 4 is 35.6 Å². The average molecular weight is 538 g/mol. The lowest BCUT2D eigenvalue weighted by atomic mass is 10.1. The zero-order chi connectivity index (χ0) is 21.5. The maximum absolute atomic E-state index is 5.60. The van der Waals surface area contributed by atoms with E-state index in [0.29, 0.717) is 35.6 Å². The molecule has 0 spiro atoms. The van der Waals surface area contributed by atoms with Gasteiger partial charge in [0.15, 0.2) is 17.5 Å². The van der Waals surface area contributed by atoms with E-state index in [9.17, 15) is 0 Å². The molecule has 0 aliphatic heterocycles. The molecule has 0 amide bonds. The molecule has 0 atom stereocenters. The highest BCUT2D eigenvalue weighted by atomic mass is 127. The third-order valence-corrected chi connectivity index (χ3v) is 4.44. The van der Waals surface area contributed by atoms with Crippen molar-refractivity contribution in [3.05, 3.63) is 53.9 Å². The highest BCUT2D eigenvalue weighted by molar-refractivity contribution is 14.0. The Morgan fingerprint density at radius 2 is 1.68 bits per heavy atom. The Morgan fingerprint density at radius 1 is 1.03 bits per heavy atom. The van der Waals surface area contributed by atoms with Crippen LogP contribution in [0.15, 0.2) is 52.1 Å². The van der Waals surface area contributed by atoms with Crippen LogP contribution in [0.3, 0.4) is 0 Å². The fraction of sp³-hybridized carbons (Fsp3) is 0.273. The summed E-state index contributed by atoms with van der Waals surface area (Å²) in [6, 6.07) is 11.6. The van der Waals surface area contributed by atoms with E-state index < -0.39 is 0 Å². The molecule has 9 heteroatoms. The standard InChI is InChI=1S/C22H26N4O4.HI/c1-14-6-8-15(9-7-14)21-25-17(13-30-21)12-24-22(23-2)26-16-10-18(27-3)20(29-5)19(11-16)28-4;/h6-11,13H,12H2,1-5H3,(H2,23,24,26);1H. The fourth-order valence-electron chi connectivity index (χ4n) is 2.86. The van der Waals surface area contributed by atoms with Crippen LogP contribution in [-0.2, 0) is 6.54 Å². The average Bonchev–Trinajstić information content (AvgIpc) is 3.25. The lowest BCUT2D eigenvalue weighted by Crippen LogP contribution is -2.30. The van der Waals surface area contributed by atoms with Crippen molar-refractivity contribution in [1.29, 1.82) is 0 Å². The fourth-order valence-corrected chi connectivity index (χ4v) is 2.86. The van der Waals surface area contributed by atoms with Crippen LogP contribution in [0, 0.1) is 6.92 Å². The number of ether oxygens (including phenoxy) is 3. The van der Waals surface area contributed by atoms with Crippen LogP contribution >= 0.6 is 24.0 Å². The molecule has 0 aliphatic rings. The number of hydrogen-bond acceptors (Lipinski definition) is 6. The number of nitrogens with one attached hydrogen (secondary N) is 2. The van der Waals surface area contributed by atoms with E-state index in [1.807, 2.05) is 31.2 Å². The van der Waals surface area contributed by atoms with Crippen LogP contribution in [0.2, 0.25) is 0 Å². The normalized spacial score (nSPS) is 10.8. The van der Waals surface area contributed by atoms with Crippen LogP contribution in [-0.4, -0.2) is 39.3 Å². The van der Waals surface area contributed by atoms with Gasteiger partial charge in [0.05, 0.1) is 33.6 Å². The second kappa shape index (κ2) is 11.4. The Hall–Kier alpha value is -2.95. The molecule has 3 aromatic rings. The van der Waals surface area contributed by atoms with Crippen LogP contribution in [0.1, 0.15) is 11.3 Å². The van der Waals surface area contributed by atoms with E-state index in [2.05, 4.69) is 20.6 Å². The van der Waals surface area contributed by atoms with E-state index in [1.165, 1.54) is 5.56 Å². The predicted molar refractivity (Wildman–Crippen MR) is 132 cm³/mol. The summed E-state index contributed by atoms with van der Waals surface area (Å²) in [4.78, 5) is 8.78. The third kappa shape index (κ3) is 6.03. The lowest BCUT2D eigenvalue weighted by molar-refractivity contribution is 0.324. The largest absolute Gasteiger partial charge is 0.493 e. The van der Waals surface area contributed by atoms with Gasteiger partial charge in [-0.2, -0.15) is 0 Å². The zero-order valence-electron chi connectivity index (χ0n) is 18.2. The maximum Gasteiger partial charge on any atom is 0.226 e. The number of nitrogens with zero attached hydrogens (tertiary/aromatic N) is 2. The molecule has 1 heterocycles. The molecule has 0 unspecified atom stereocenters. The first-order valence-corrected chi connectivity index (χ1v) is 9.37. The summed E-state index contributed by atoms with van der Waals surface area (Å²) in [6.45, 7) is 2.49. The number of aliphatic imine (C=N–C) groups is 1. The molecule has 0 fully saturated rings. The minimum absolute atomic E-state index is 0. The molecule has 0 bridgehead atoms. The summed E-state index contributed by atoms with van der Waals surface area (Å²) in [7, 11) is 6.40. The van der Waals surface area contributed by atoms with Gasteiger partial charge >= 0.3 is 0 Å². The van der Waals surface area contributed by atoms with Gasteiger partial charge in [-0.05, 0) is 19.1 Å². The van der Waals surface area contributed by atoms with Gasteiger partial charge in [0, 0.05) is 30.4 Å². The Morgan fingerprint density at radius 3 is 2.23 bits per heavy atom. The smallest absolute Gasteiger partial charge is 0.226 e. The molecule has 0 aliphatic carbocycles. The molecule has 2 N–H and O–H groups in total. The van der Waals surface area contributed by atoms with E-state index in [-0.39, 0.29) is 24.0 Å². The molecular formula is C22H27IN4O4. The maximum atomic E-state index is 5.60. The minimum atomic E-state index is 0. The zero-order valence-corrected chi connectivity index (χ0v) is 20.5. The summed E-state index contributed by atoms with van der Waals surface area (Å²) in [6.07, 6.45) is 1.63. The topological polar surface area (TPSA) is 90.1 Å². The highest BCUT2D eigenvalue weighted by Gasteiger charge is 2.14. The molecule has 0 radical (unpaired) electrons. The second-order valence-electron chi connectivity index (χ2n) is 6.47. The van der Waals surface area contributed by atoms with Gasteiger partial charge in [-0.15, -0.1) is 24.0 Å². The number of hydrogen-bond donors (Lipinski definition) is 2. The molecule has 0 saturated carbocycles. The van der Waals surface area contributed by atoms with Gasteiger partial charge in [-0.25, -0.2) is 4.98 Å². The van der Waals surface area contributed by atoms with Gasteiger partial charge in [0.25, 0.3) is 0 Å². The van der Waals surface area contributed by atoms with Crippen LogP contribution < -0.4 is 24.8 Å². The first-order chi connectivity index (χ1) is 14.6. The third-order valence-electron chi connectivity index (χ3n) is 4.44. The summed E-state index contributed by atoms with van der Waals surface area (Å²) >= 11 is 0. The Kier molecular flexibility index (Phi) is 8.98. The van der Waals surface area contributed by atoms with Crippen molar-refractivity contribution in [3.8, 4) is 28.7 Å². The van der Waals surface area contributed by atoms with Crippen LogP contribution in [0.5, 0.6) is 17.2 Å². The first kappa shape index (κ1) is 24.3. The summed E-state index contributed by atoms with van der Waals surface area (Å²) in [5.74, 6) is 2.77. The predicted octanol–water partition coefficient (Wildman–Crippen LogP) is 4.48. The quantitative estimate of drug-likeness (QED) is 0.261. The van der Waals surface area contributed by atoms with Crippen molar-refractivity contribution in [2.45, 2.75) is 13.5 Å². The van der Waals surface area contributed by atoms with Crippen molar-refractivity contribution in [3.63, 3.8) is 0 Å². The number of halogens is 1. The number of anilines is 1. The molecule has 31 heavy (non-hydrogen) atoms. The monoisotopic (exact) mass is 538 g/mol. The van der Waals surface area contributed by atoms with E-state index in [0.717, 1.165) is 16.9 Å². The molecule has 2 aromatic carbocycles. The first-order valence-electron chi connectivity index (χ1n) is 9.37. The Balaban J connectivity index is 0.00000341. The van der Waals surface area contributed by atoms with Crippen LogP contribution in [0.25, 0.3) is 11.5 Å². The molecule has 8 nitrogen and oxygen atoms in total. The Bertz CT molecular complexity index is 994. The molecule has 0 saturated heterocycles.